The van der Waals surface area contributed by atoms with Gasteiger partial charge in [0.05, 0.1) is 4.47 Å². The van der Waals surface area contributed by atoms with E-state index in [0.29, 0.717) is 0 Å². The Morgan fingerprint density at radius 2 is 2.06 bits per heavy atom. The largest absolute Gasteiger partial charge is 0.506 e. The van der Waals surface area contributed by atoms with Crippen LogP contribution in [0.3, 0.4) is 0 Å². The van der Waals surface area contributed by atoms with E-state index in [1.807, 2.05) is 0 Å². The second-order valence-electron chi connectivity index (χ2n) is 4.38. The molecule has 0 bridgehead atoms. The summed E-state index contributed by atoms with van der Waals surface area (Å²) in [5.41, 5.74) is -1.00. The molecular weight excluding hydrogens is 293 g/mol. The highest BCUT2D eigenvalue weighted by molar-refractivity contribution is 9.10. The molecule has 0 radical (unpaired) electrons. The van der Waals surface area contributed by atoms with Gasteiger partial charge in [0.2, 0.25) is 0 Å². The number of hydrogen-bond donors (Lipinski definition) is 2. The predicted octanol–water partition coefficient (Wildman–Crippen LogP) is 3.64. The van der Waals surface area contributed by atoms with Crippen molar-refractivity contribution in [1.29, 1.82) is 0 Å². The number of benzene rings is 1. The van der Waals surface area contributed by atoms with Gasteiger partial charge in [-0.1, -0.05) is 0 Å². The SMILES string of the molecule is CC(C)(C)OC(=O)Nc1c(O)ccc(Br)c1F. The molecule has 0 atom stereocenters. The van der Waals surface area contributed by atoms with Gasteiger partial charge in [-0.25, -0.2) is 9.18 Å². The van der Waals surface area contributed by atoms with E-state index in [-0.39, 0.29) is 15.9 Å². The zero-order valence-electron chi connectivity index (χ0n) is 9.67. The molecule has 0 fully saturated rings. The minimum absolute atomic E-state index is 0.140. The van der Waals surface area contributed by atoms with Crippen LogP contribution in [0.1, 0.15) is 20.8 Å². The van der Waals surface area contributed by atoms with Gasteiger partial charge in [-0.2, -0.15) is 0 Å². The monoisotopic (exact) mass is 305 g/mol. The van der Waals surface area contributed by atoms with Crippen molar-refractivity contribution in [3.63, 3.8) is 0 Å². The molecule has 1 aromatic carbocycles. The molecule has 0 saturated heterocycles. The van der Waals surface area contributed by atoms with Gasteiger partial charge in [0.15, 0.2) is 5.82 Å². The Hall–Kier alpha value is -1.30. The summed E-state index contributed by atoms with van der Waals surface area (Å²) in [5, 5.41) is 11.6. The van der Waals surface area contributed by atoms with Gasteiger partial charge in [-0.3, -0.25) is 5.32 Å². The molecule has 2 N–H and O–H groups in total. The van der Waals surface area contributed by atoms with Crippen LogP contribution < -0.4 is 5.32 Å². The van der Waals surface area contributed by atoms with E-state index in [4.69, 9.17) is 4.74 Å². The molecule has 1 rings (SSSR count). The molecule has 17 heavy (non-hydrogen) atoms. The molecule has 4 nitrogen and oxygen atoms in total. The fourth-order valence-electron chi connectivity index (χ4n) is 1.07. The Balaban J connectivity index is 2.89. The maximum Gasteiger partial charge on any atom is 0.412 e. The highest BCUT2D eigenvalue weighted by atomic mass is 79.9. The van der Waals surface area contributed by atoms with Crippen molar-refractivity contribution in [2.75, 3.05) is 5.32 Å². The molecule has 94 valence electrons. The summed E-state index contributed by atoms with van der Waals surface area (Å²) in [4.78, 5) is 11.4. The first-order chi connectivity index (χ1) is 7.70. The van der Waals surface area contributed by atoms with Crippen molar-refractivity contribution in [3.05, 3.63) is 22.4 Å². The third-order valence-corrected chi connectivity index (χ3v) is 2.31. The molecule has 0 saturated carbocycles. The lowest BCUT2D eigenvalue weighted by molar-refractivity contribution is 0.0634. The van der Waals surface area contributed by atoms with Crippen molar-refractivity contribution in [2.45, 2.75) is 26.4 Å². The average molecular weight is 306 g/mol. The Morgan fingerprint density at radius 1 is 1.47 bits per heavy atom. The molecule has 0 spiro atoms. The summed E-state index contributed by atoms with van der Waals surface area (Å²) in [6.07, 6.45) is -0.829. The van der Waals surface area contributed by atoms with Crippen LogP contribution in [-0.4, -0.2) is 16.8 Å². The molecule has 0 unspecified atom stereocenters. The minimum Gasteiger partial charge on any atom is -0.506 e. The number of amides is 1. The number of rotatable bonds is 1. The second kappa shape index (κ2) is 4.91. The van der Waals surface area contributed by atoms with Crippen LogP contribution >= 0.6 is 15.9 Å². The molecule has 0 aromatic heterocycles. The van der Waals surface area contributed by atoms with Gasteiger partial charge < -0.3 is 9.84 Å². The van der Waals surface area contributed by atoms with E-state index in [2.05, 4.69) is 21.2 Å². The maximum absolute atomic E-state index is 13.6. The highest BCUT2D eigenvalue weighted by Crippen LogP contribution is 2.31. The van der Waals surface area contributed by atoms with E-state index in [0.717, 1.165) is 0 Å². The van der Waals surface area contributed by atoms with Crippen LogP contribution in [0.25, 0.3) is 0 Å². The van der Waals surface area contributed by atoms with E-state index in [1.54, 1.807) is 20.8 Å². The number of carbonyl (C=O) groups excluding carboxylic acids is 1. The Bertz CT molecular complexity index is 443. The van der Waals surface area contributed by atoms with Crippen molar-refractivity contribution in [1.82, 2.24) is 0 Å². The van der Waals surface area contributed by atoms with Crippen LogP contribution in [0.15, 0.2) is 16.6 Å². The molecule has 0 aliphatic carbocycles. The van der Waals surface area contributed by atoms with Gasteiger partial charge in [-0.05, 0) is 48.8 Å². The molecule has 1 aromatic rings. The fourth-order valence-corrected chi connectivity index (χ4v) is 1.40. The van der Waals surface area contributed by atoms with E-state index in [9.17, 15) is 14.3 Å². The van der Waals surface area contributed by atoms with Gasteiger partial charge in [0, 0.05) is 0 Å². The van der Waals surface area contributed by atoms with Crippen LogP contribution in [0.4, 0.5) is 14.9 Å². The maximum atomic E-state index is 13.6. The number of anilines is 1. The fraction of sp³-hybridized carbons (Fsp3) is 0.364. The topological polar surface area (TPSA) is 58.6 Å². The molecule has 0 aliphatic rings. The predicted molar refractivity (Wildman–Crippen MR) is 65.6 cm³/mol. The third kappa shape index (κ3) is 3.89. The smallest absolute Gasteiger partial charge is 0.412 e. The number of phenols is 1. The molecule has 0 aliphatic heterocycles. The highest BCUT2D eigenvalue weighted by Gasteiger charge is 2.19. The Morgan fingerprint density at radius 3 is 2.59 bits per heavy atom. The van der Waals surface area contributed by atoms with E-state index < -0.39 is 17.5 Å². The summed E-state index contributed by atoms with van der Waals surface area (Å²) in [6, 6.07) is 2.60. The summed E-state index contributed by atoms with van der Waals surface area (Å²) >= 11 is 2.95. The normalized spacial score (nSPS) is 11.1. The number of carbonyl (C=O) groups is 1. The average Bonchev–Trinajstić information content (AvgIpc) is 2.16. The zero-order chi connectivity index (χ0) is 13.2. The van der Waals surface area contributed by atoms with Gasteiger partial charge >= 0.3 is 6.09 Å². The summed E-state index contributed by atoms with van der Waals surface area (Å²) in [5.74, 6) is -1.12. The quantitative estimate of drug-likeness (QED) is 0.779. The Labute approximate surface area is 107 Å². The van der Waals surface area contributed by atoms with E-state index >= 15 is 0 Å². The van der Waals surface area contributed by atoms with Crippen molar-refractivity contribution in [2.24, 2.45) is 0 Å². The second-order valence-corrected chi connectivity index (χ2v) is 5.24. The van der Waals surface area contributed by atoms with Gasteiger partial charge in [0.25, 0.3) is 0 Å². The van der Waals surface area contributed by atoms with Gasteiger partial charge in [-0.15, -0.1) is 0 Å². The number of ether oxygens (including phenoxy) is 1. The number of nitrogens with one attached hydrogen (secondary N) is 1. The first-order valence-corrected chi connectivity index (χ1v) is 5.67. The van der Waals surface area contributed by atoms with Crippen molar-refractivity contribution in [3.8, 4) is 5.75 Å². The molecular formula is C11H13BrFNO3. The third-order valence-electron chi connectivity index (χ3n) is 1.70. The van der Waals surface area contributed by atoms with Crippen molar-refractivity contribution < 1.29 is 19.0 Å². The molecule has 1 amide bonds. The number of phenolic OH excluding ortho intramolecular Hbond substituents is 1. The van der Waals surface area contributed by atoms with Crippen LogP contribution in [-0.2, 0) is 4.74 Å². The van der Waals surface area contributed by atoms with E-state index in [1.165, 1.54) is 12.1 Å². The summed E-state index contributed by atoms with van der Waals surface area (Å²) in [7, 11) is 0. The van der Waals surface area contributed by atoms with Crippen LogP contribution in [0.5, 0.6) is 5.75 Å². The number of aromatic hydroxyl groups is 1. The molecule has 0 heterocycles. The lowest BCUT2D eigenvalue weighted by Gasteiger charge is -2.20. The van der Waals surface area contributed by atoms with Gasteiger partial charge in [0.1, 0.15) is 17.0 Å². The summed E-state index contributed by atoms with van der Waals surface area (Å²) in [6.45, 7) is 5.05. The van der Waals surface area contributed by atoms with Crippen molar-refractivity contribution >= 4 is 27.7 Å². The minimum atomic E-state index is -0.829. The Kier molecular flexibility index (Phi) is 3.98. The molecule has 6 heteroatoms. The number of hydrogen-bond acceptors (Lipinski definition) is 3. The number of halogens is 2. The summed E-state index contributed by atoms with van der Waals surface area (Å²) < 4.78 is 18.7. The van der Waals surface area contributed by atoms with Crippen LogP contribution in [0, 0.1) is 5.82 Å². The zero-order valence-corrected chi connectivity index (χ0v) is 11.3. The first-order valence-electron chi connectivity index (χ1n) is 4.87. The standard InChI is InChI=1S/C11H13BrFNO3/c1-11(2,3)17-10(16)14-9-7(15)5-4-6(12)8(9)13/h4-5,15H,1-3H3,(H,14,16). The first kappa shape index (κ1) is 13.8. The van der Waals surface area contributed by atoms with Crippen LogP contribution in [0.2, 0.25) is 0 Å². The lowest BCUT2D eigenvalue weighted by Crippen LogP contribution is -2.27. The lowest BCUT2D eigenvalue weighted by atomic mass is 10.2.